The standard InChI is InChI=1S/C14H18ClNO3S2/c1-10(20-12-5-3-11(15)4-6-12)13(17)16-14(2)7-8-21(18,19)9-14/h3-6,10H,7-9H2,1-2H3,(H,16,17)/t10-,14-/m0/s1. The van der Waals surface area contributed by atoms with Gasteiger partial charge >= 0.3 is 0 Å². The monoisotopic (exact) mass is 347 g/mol. The summed E-state index contributed by atoms with van der Waals surface area (Å²) in [5.41, 5.74) is -0.648. The van der Waals surface area contributed by atoms with Crippen LogP contribution in [0.2, 0.25) is 5.02 Å². The van der Waals surface area contributed by atoms with Crippen molar-refractivity contribution in [3.8, 4) is 0 Å². The van der Waals surface area contributed by atoms with E-state index in [0.29, 0.717) is 11.4 Å². The number of rotatable bonds is 4. The van der Waals surface area contributed by atoms with Crippen LogP contribution >= 0.6 is 23.4 Å². The van der Waals surface area contributed by atoms with E-state index in [1.807, 2.05) is 12.1 Å². The average Bonchev–Trinajstić information content (AvgIpc) is 2.66. The first-order valence-electron chi connectivity index (χ1n) is 6.64. The molecule has 2 rings (SSSR count). The molecule has 0 saturated carbocycles. The highest BCUT2D eigenvalue weighted by Crippen LogP contribution is 2.27. The van der Waals surface area contributed by atoms with Crippen LogP contribution in [0.3, 0.4) is 0 Å². The van der Waals surface area contributed by atoms with Crippen LogP contribution in [0, 0.1) is 0 Å². The van der Waals surface area contributed by atoms with E-state index in [9.17, 15) is 13.2 Å². The lowest BCUT2D eigenvalue weighted by molar-refractivity contribution is -0.121. The second kappa shape index (κ2) is 6.18. The van der Waals surface area contributed by atoms with Gasteiger partial charge in [-0.15, -0.1) is 11.8 Å². The van der Waals surface area contributed by atoms with Gasteiger partial charge in [0.1, 0.15) is 0 Å². The summed E-state index contributed by atoms with van der Waals surface area (Å²) in [6.07, 6.45) is 0.472. The minimum Gasteiger partial charge on any atom is -0.349 e. The number of halogens is 1. The van der Waals surface area contributed by atoms with Crippen molar-refractivity contribution in [3.63, 3.8) is 0 Å². The minimum atomic E-state index is -3.03. The fourth-order valence-electron chi connectivity index (χ4n) is 2.28. The van der Waals surface area contributed by atoms with Gasteiger partial charge in [0.05, 0.1) is 22.3 Å². The topological polar surface area (TPSA) is 63.2 Å². The molecule has 1 amide bonds. The van der Waals surface area contributed by atoms with E-state index in [-0.39, 0.29) is 22.7 Å². The molecular formula is C14H18ClNO3S2. The Balaban J connectivity index is 1.95. The number of hydrogen-bond donors (Lipinski definition) is 1. The lowest BCUT2D eigenvalue weighted by atomic mass is 10.0. The van der Waals surface area contributed by atoms with Crippen molar-refractivity contribution in [2.45, 2.75) is 36.0 Å². The Labute approximate surface area is 134 Å². The maximum absolute atomic E-state index is 12.2. The molecule has 1 aliphatic heterocycles. The zero-order chi connectivity index (χ0) is 15.7. The predicted molar refractivity (Wildman–Crippen MR) is 86.6 cm³/mol. The highest BCUT2D eigenvalue weighted by Gasteiger charge is 2.40. The highest BCUT2D eigenvalue weighted by molar-refractivity contribution is 8.00. The van der Waals surface area contributed by atoms with E-state index >= 15 is 0 Å². The summed E-state index contributed by atoms with van der Waals surface area (Å²) in [6.45, 7) is 3.59. The summed E-state index contributed by atoms with van der Waals surface area (Å²) in [7, 11) is -3.03. The minimum absolute atomic E-state index is 0.0179. The molecule has 116 valence electrons. The Hall–Kier alpha value is -0.720. The van der Waals surface area contributed by atoms with Gasteiger partial charge in [0.25, 0.3) is 0 Å². The summed E-state index contributed by atoms with van der Waals surface area (Å²) in [5, 5.41) is 3.23. The van der Waals surface area contributed by atoms with Gasteiger partial charge in [-0.1, -0.05) is 11.6 Å². The van der Waals surface area contributed by atoms with Crippen LogP contribution in [0.4, 0.5) is 0 Å². The van der Waals surface area contributed by atoms with Crippen LogP contribution in [0.5, 0.6) is 0 Å². The number of thioether (sulfide) groups is 1. The quantitative estimate of drug-likeness (QED) is 0.850. The molecule has 1 N–H and O–H groups in total. The molecule has 0 aliphatic carbocycles. The van der Waals surface area contributed by atoms with Crippen LogP contribution < -0.4 is 5.32 Å². The molecule has 7 heteroatoms. The van der Waals surface area contributed by atoms with Gasteiger partial charge in [0.2, 0.25) is 5.91 Å². The Morgan fingerprint density at radius 2 is 2.00 bits per heavy atom. The van der Waals surface area contributed by atoms with Crippen LogP contribution in [-0.2, 0) is 14.6 Å². The molecule has 0 radical (unpaired) electrons. The Morgan fingerprint density at radius 3 is 2.52 bits per heavy atom. The molecule has 1 fully saturated rings. The van der Waals surface area contributed by atoms with Crippen molar-refractivity contribution in [1.82, 2.24) is 5.32 Å². The van der Waals surface area contributed by atoms with Gasteiger partial charge in [0.15, 0.2) is 9.84 Å². The van der Waals surface area contributed by atoms with Crippen LogP contribution in [0.15, 0.2) is 29.2 Å². The zero-order valence-corrected chi connectivity index (χ0v) is 14.3. The Morgan fingerprint density at radius 1 is 1.38 bits per heavy atom. The van der Waals surface area contributed by atoms with Crippen molar-refractivity contribution in [2.24, 2.45) is 0 Å². The number of carbonyl (C=O) groups is 1. The molecular weight excluding hydrogens is 330 g/mol. The number of carbonyl (C=O) groups excluding carboxylic acids is 1. The molecule has 2 atom stereocenters. The average molecular weight is 348 g/mol. The summed E-state index contributed by atoms with van der Waals surface area (Å²) in [6, 6.07) is 7.27. The summed E-state index contributed by atoms with van der Waals surface area (Å²) >= 11 is 7.25. The van der Waals surface area contributed by atoms with E-state index in [2.05, 4.69) is 5.32 Å². The van der Waals surface area contributed by atoms with Crippen molar-refractivity contribution >= 4 is 39.1 Å². The highest BCUT2D eigenvalue weighted by atomic mass is 35.5. The molecule has 1 saturated heterocycles. The van der Waals surface area contributed by atoms with Gasteiger partial charge in [-0.05, 0) is 44.5 Å². The second-order valence-corrected chi connectivity index (χ2v) is 9.64. The number of hydrogen-bond acceptors (Lipinski definition) is 4. The van der Waals surface area contributed by atoms with E-state index in [1.54, 1.807) is 26.0 Å². The van der Waals surface area contributed by atoms with Crippen molar-refractivity contribution in [1.29, 1.82) is 0 Å². The molecule has 1 aromatic rings. The van der Waals surface area contributed by atoms with E-state index in [1.165, 1.54) is 11.8 Å². The molecule has 0 spiro atoms. The normalized spacial score (nSPS) is 25.5. The number of sulfone groups is 1. The van der Waals surface area contributed by atoms with Gasteiger partial charge in [-0.2, -0.15) is 0 Å². The predicted octanol–water partition coefficient (Wildman–Crippen LogP) is 2.51. The molecule has 1 heterocycles. The van der Waals surface area contributed by atoms with Gasteiger partial charge in [-0.25, -0.2) is 8.42 Å². The van der Waals surface area contributed by atoms with Gasteiger partial charge < -0.3 is 5.32 Å². The van der Waals surface area contributed by atoms with Crippen LogP contribution in [-0.4, -0.2) is 36.6 Å². The van der Waals surface area contributed by atoms with E-state index in [4.69, 9.17) is 11.6 Å². The molecule has 1 aliphatic rings. The SMILES string of the molecule is C[C@H](Sc1ccc(Cl)cc1)C(=O)N[C@@]1(C)CCS(=O)(=O)C1. The van der Waals surface area contributed by atoms with Gasteiger partial charge in [0, 0.05) is 9.92 Å². The largest absolute Gasteiger partial charge is 0.349 e. The fraction of sp³-hybridized carbons (Fsp3) is 0.500. The first-order valence-corrected chi connectivity index (χ1v) is 9.72. The lowest BCUT2D eigenvalue weighted by Crippen LogP contribution is -2.49. The van der Waals surface area contributed by atoms with Crippen molar-refractivity contribution in [2.75, 3.05) is 11.5 Å². The van der Waals surface area contributed by atoms with E-state index in [0.717, 1.165) is 4.90 Å². The molecule has 0 aromatic heterocycles. The Bertz CT molecular complexity index is 630. The zero-order valence-electron chi connectivity index (χ0n) is 11.9. The molecule has 21 heavy (non-hydrogen) atoms. The first-order chi connectivity index (χ1) is 9.69. The van der Waals surface area contributed by atoms with Crippen molar-refractivity contribution < 1.29 is 13.2 Å². The third kappa shape index (κ3) is 4.63. The third-order valence-corrected chi connectivity index (χ3v) is 6.69. The molecule has 1 aromatic carbocycles. The number of amides is 1. The first kappa shape index (κ1) is 16.6. The third-order valence-electron chi connectivity index (χ3n) is 3.42. The molecule has 4 nitrogen and oxygen atoms in total. The van der Waals surface area contributed by atoms with E-state index < -0.39 is 15.4 Å². The van der Waals surface area contributed by atoms with Gasteiger partial charge in [-0.3, -0.25) is 4.79 Å². The lowest BCUT2D eigenvalue weighted by Gasteiger charge is -2.25. The van der Waals surface area contributed by atoms with Crippen LogP contribution in [0.25, 0.3) is 0 Å². The molecule has 0 bridgehead atoms. The maximum atomic E-state index is 12.2. The maximum Gasteiger partial charge on any atom is 0.233 e. The Kier molecular flexibility index (Phi) is 4.90. The fourth-order valence-corrected chi connectivity index (χ4v) is 5.37. The number of nitrogens with one attached hydrogen (secondary N) is 1. The molecule has 0 unspecified atom stereocenters. The summed E-state index contributed by atoms with van der Waals surface area (Å²) in [5.74, 6) is 0.0154. The summed E-state index contributed by atoms with van der Waals surface area (Å²) < 4.78 is 23.1. The number of benzene rings is 1. The summed E-state index contributed by atoms with van der Waals surface area (Å²) in [4.78, 5) is 13.2. The smallest absolute Gasteiger partial charge is 0.233 e. The van der Waals surface area contributed by atoms with Crippen LogP contribution in [0.1, 0.15) is 20.3 Å². The van der Waals surface area contributed by atoms with Crippen molar-refractivity contribution in [3.05, 3.63) is 29.3 Å². The second-order valence-electron chi connectivity index (χ2n) is 5.61.